The van der Waals surface area contributed by atoms with Gasteiger partial charge in [-0.25, -0.2) is 9.59 Å². The summed E-state index contributed by atoms with van der Waals surface area (Å²) in [4.78, 5) is 41.4. The average Bonchev–Trinajstić information content (AvgIpc) is 2.70. The van der Waals surface area contributed by atoms with Gasteiger partial charge in [-0.05, 0) is 50.2 Å². The van der Waals surface area contributed by atoms with Crippen molar-refractivity contribution < 1.29 is 19.1 Å². The van der Waals surface area contributed by atoms with Crippen molar-refractivity contribution in [1.29, 1.82) is 0 Å². The van der Waals surface area contributed by atoms with Gasteiger partial charge in [0.2, 0.25) is 0 Å². The van der Waals surface area contributed by atoms with E-state index >= 15 is 0 Å². The van der Waals surface area contributed by atoms with Crippen LogP contribution in [0.3, 0.4) is 0 Å². The number of carbonyl (C=O) groups excluding carboxylic acids is 3. The molecular formula is C22H27N3O4. The van der Waals surface area contributed by atoms with Gasteiger partial charge in [-0.15, -0.1) is 0 Å². The summed E-state index contributed by atoms with van der Waals surface area (Å²) in [6.07, 6.45) is 3.34. The van der Waals surface area contributed by atoms with E-state index in [1.165, 1.54) is 0 Å². The summed E-state index contributed by atoms with van der Waals surface area (Å²) in [7, 11) is 0. The first-order valence-corrected chi connectivity index (χ1v) is 10.1. The Morgan fingerprint density at radius 3 is 2.79 bits per heavy atom. The number of pyridine rings is 1. The second-order valence-electron chi connectivity index (χ2n) is 7.68. The number of hydrogen-bond acceptors (Lipinski definition) is 5. The molecule has 1 aliphatic rings. The lowest BCUT2D eigenvalue weighted by atomic mass is 9.84. The van der Waals surface area contributed by atoms with Crippen LogP contribution >= 0.6 is 0 Å². The van der Waals surface area contributed by atoms with Gasteiger partial charge in [0, 0.05) is 17.1 Å². The molecule has 0 unspecified atom stereocenters. The molecule has 1 aromatic heterocycles. The Balaban J connectivity index is 1.76. The average molecular weight is 397 g/mol. The Labute approximate surface area is 170 Å². The predicted molar refractivity (Wildman–Crippen MR) is 110 cm³/mol. The minimum atomic E-state index is -0.667. The molecule has 1 aliphatic carbocycles. The molecule has 0 aliphatic heterocycles. The number of benzene rings is 1. The van der Waals surface area contributed by atoms with Crippen molar-refractivity contribution in [2.45, 2.75) is 52.5 Å². The lowest BCUT2D eigenvalue weighted by molar-refractivity contribution is -0.123. The summed E-state index contributed by atoms with van der Waals surface area (Å²) in [6, 6.07) is 6.80. The molecule has 0 bridgehead atoms. The minimum absolute atomic E-state index is 0.0537. The molecule has 2 aromatic rings. The van der Waals surface area contributed by atoms with Crippen LogP contribution in [-0.4, -0.2) is 35.5 Å². The minimum Gasteiger partial charge on any atom is -0.452 e. The summed E-state index contributed by atoms with van der Waals surface area (Å²) in [6.45, 7) is 5.39. The Hall–Kier alpha value is -2.96. The molecule has 7 nitrogen and oxygen atoms in total. The molecule has 2 atom stereocenters. The molecule has 7 heteroatoms. The van der Waals surface area contributed by atoms with Crippen molar-refractivity contribution in [3.05, 3.63) is 41.1 Å². The SMILES string of the molecule is CC[C@@H](C)NC(=O)NC(=O)COC(=O)c1c2c(nc3ccccc13)CC[C@@H](C)C2. The number of para-hydroxylation sites is 1. The molecular weight excluding hydrogens is 370 g/mol. The first-order valence-electron chi connectivity index (χ1n) is 10.1. The Kier molecular flexibility index (Phi) is 6.46. The summed E-state index contributed by atoms with van der Waals surface area (Å²) < 4.78 is 5.27. The summed E-state index contributed by atoms with van der Waals surface area (Å²) in [5.74, 6) is -0.782. The van der Waals surface area contributed by atoms with Gasteiger partial charge >= 0.3 is 12.0 Å². The molecule has 2 N–H and O–H groups in total. The lowest BCUT2D eigenvalue weighted by Gasteiger charge is -2.24. The molecule has 3 amide bonds. The molecule has 3 rings (SSSR count). The van der Waals surface area contributed by atoms with Crippen molar-refractivity contribution in [3.8, 4) is 0 Å². The van der Waals surface area contributed by atoms with Crippen LogP contribution in [0, 0.1) is 5.92 Å². The van der Waals surface area contributed by atoms with Crippen molar-refractivity contribution in [2.24, 2.45) is 5.92 Å². The van der Waals surface area contributed by atoms with Crippen LogP contribution in [0.1, 0.15) is 55.2 Å². The second-order valence-corrected chi connectivity index (χ2v) is 7.68. The Morgan fingerprint density at radius 2 is 2.03 bits per heavy atom. The first-order chi connectivity index (χ1) is 13.9. The maximum absolute atomic E-state index is 12.9. The molecule has 154 valence electrons. The van der Waals surface area contributed by atoms with Gasteiger partial charge in [0.15, 0.2) is 6.61 Å². The van der Waals surface area contributed by atoms with E-state index in [4.69, 9.17) is 9.72 Å². The number of nitrogens with zero attached hydrogens (tertiary/aromatic N) is 1. The number of amides is 3. The number of urea groups is 1. The maximum atomic E-state index is 12.9. The molecule has 1 heterocycles. The number of carbonyl (C=O) groups is 3. The van der Waals surface area contributed by atoms with Gasteiger partial charge in [0.25, 0.3) is 5.91 Å². The highest BCUT2D eigenvalue weighted by atomic mass is 16.5. The largest absolute Gasteiger partial charge is 0.452 e. The lowest BCUT2D eigenvalue weighted by Crippen LogP contribution is -2.44. The zero-order chi connectivity index (χ0) is 21.0. The first kappa shape index (κ1) is 20.8. The highest BCUT2D eigenvalue weighted by Gasteiger charge is 2.26. The summed E-state index contributed by atoms with van der Waals surface area (Å²) in [5, 5.41) is 5.53. The van der Waals surface area contributed by atoms with Crippen LogP contribution in [0.25, 0.3) is 10.9 Å². The molecule has 0 saturated carbocycles. The number of esters is 1. The van der Waals surface area contributed by atoms with Gasteiger partial charge in [0.05, 0.1) is 11.1 Å². The number of hydrogen-bond donors (Lipinski definition) is 2. The normalized spacial score (nSPS) is 16.6. The van der Waals surface area contributed by atoms with E-state index in [0.717, 1.165) is 47.8 Å². The summed E-state index contributed by atoms with van der Waals surface area (Å²) >= 11 is 0. The number of ether oxygens (including phenoxy) is 1. The van der Waals surface area contributed by atoms with Crippen LogP contribution in [0.5, 0.6) is 0 Å². The predicted octanol–water partition coefficient (Wildman–Crippen LogP) is 3.14. The number of fused-ring (bicyclic) bond motifs is 2. The zero-order valence-electron chi connectivity index (χ0n) is 17.1. The fourth-order valence-electron chi connectivity index (χ4n) is 3.52. The van der Waals surface area contributed by atoms with Gasteiger partial charge in [-0.2, -0.15) is 0 Å². The van der Waals surface area contributed by atoms with E-state index in [2.05, 4.69) is 17.6 Å². The van der Waals surface area contributed by atoms with Crippen LogP contribution in [-0.2, 0) is 22.4 Å². The zero-order valence-corrected chi connectivity index (χ0v) is 17.1. The van der Waals surface area contributed by atoms with Crippen LogP contribution in [0.2, 0.25) is 0 Å². The van der Waals surface area contributed by atoms with Gasteiger partial charge in [-0.3, -0.25) is 15.1 Å². The number of imide groups is 1. The summed E-state index contributed by atoms with van der Waals surface area (Å²) in [5.41, 5.74) is 3.05. The highest BCUT2D eigenvalue weighted by molar-refractivity contribution is 6.06. The van der Waals surface area contributed by atoms with E-state index in [9.17, 15) is 14.4 Å². The molecule has 0 fully saturated rings. The van der Waals surface area contributed by atoms with E-state index in [-0.39, 0.29) is 6.04 Å². The fourth-order valence-corrected chi connectivity index (χ4v) is 3.52. The van der Waals surface area contributed by atoms with Gasteiger partial charge in [-0.1, -0.05) is 32.0 Å². The van der Waals surface area contributed by atoms with Gasteiger partial charge in [0.1, 0.15) is 0 Å². The number of aryl methyl sites for hydroxylation is 1. The Morgan fingerprint density at radius 1 is 1.28 bits per heavy atom. The molecule has 0 spiro atoms. The third kappa shape index (κ3) is 4.91. The van der Waals surface area contributed by atoms with E-state index in [1.54, 1.807) is 0 Å². The van der Waals surface area contributed by atoms with Crippen molar-refractivity contribution in [3.63, 3.8) is 0 Å². The number of aromatic nitrogens is 1. The quantitative estimate of drug-likeness (QED) is 0.756. The molecule has 0 radical (unpaired) electrons. The fraction of sp³-hybridized carbons (Fsp3) is 0.455. The highest BCUT2D eigenvalue weighted by Crippen LogP contribution is 2.31. The van der Waals surface area contributed by atoms with Gasteiger partial charge < -0.3 is 10.1 Å². The van der Waals surface area contributed by atoms with E-state index in [1.807, 2.05) is 38.1 Å². The Bertz CT molecular complexity index is 941. The molecule has 1 aromatic carbocycles. The third-order valence-electron chi connectivity index (χ3n) is 5.29. The van der Waals surface area contributed by atoms with E-state index < -0.39 is 24.5 Å². The maximum Gasteiger partial charge on any atom is 0.339 e. The standard InChI is InChI=1S/C22H27N3O4/c1-4-14(3)23-22(28)25-19(26)12-29-21(27)20-15-7-5-6-8-17(15)24-18-10-9-13(2)11-16(18)20/h5-8,13-14H,4,9-12H2,1-3H3,(H2,23,25,26,28)/t13-,14-/m1/s1. The van der Waals surface area contributed by atoms with Crippen molar-refractivity contribution in [2.75, 3.05) is 6.61 Å². The monoisotopic (exact) mass is 397 g/mol. The van der Waals surface area contributed by atoms with Crippen LogP contribution in [0.4, 0.5) is 4.79 Å². The van der Waals surface area contributed by atoms with Crippen LogP contribution in [0.15, 0.2) is 24.3 Å². The number of nitrogens with one attached hydrogen (secondary N) is 2. The van der Waals surface area contributed by atoms with Crippen molar-refractivity contribution >= 4 is 28.8 Å². The smallest absolute Gasteiger partial charge is 0.339 e. The second kappa shape index (κ2) is 9.03. The number of rotatable bonds is 5. The molecule has 0 saturated heterocycles. The van der Waals surface area contributed by atoms with Crippen LogP contribution < -0.4 is 10.6 Å². The molecule has 29 heavy (non-hydrogen) atoms. The van der Waals surface area contributed by atoms with Crippen molar-refractivity contribution in [1.82, 2.24) is 15.6 Å². The topological polar surface area (TPSA) is 97.4 Å². The van der Waals surface area contributed by atoms with E-state index in [0.29, 0.717) is 11.5 Å². The third-order valence-corrected chi connectivity index (χ3v) is 5.29.